The number of hydrogen-bond acceptors (Lipinski definition) is 3. The molecule has 0 unspecified atom stereocenters. The predicted octanol–water partition coefficient (Wildman–Crippen LogP) is 2.49. The van der Waals surface area contributed by atoms with Gasteiger partial charge in [0.05, 0.1) is 6.61 Å². The van der Waals surface area contributed by atoms with Gasteiger partial charge in [-0.3, -0.25) is 0 Å². The highest BCUT2D eigenvalue weighted by Gasteiger charge is 2.14. The van der Waals surface area contributed by atoms with Crippen LogP contribution in [0.2, 0.25) is 19.6 Å². The molecule has 0 aliphatic rings. The molecule has 0 radical (unpaired) electrons. The molecule has 0 saturated carbocycles. The molecule has 0 bridgehead atoms. The van der Waals surface area contributed by atoms with Crippen LogP contribution in [0.4, 0.5) is 0 Å². The first-order valence-corrected chi connectivity index (χ1v) is 7.89. The minimum absolute atomic E-state index is 0.688. The van der Waals surface area contributed by atoms with Gasteiger partial charge in [-0.15, -0.1) is 11.3 Å². The fourth-order valence-corrected chi connectivity index (χ4v) is 1.80. The van der Waals surface area contributed by atoms with Gasteiger partial charge in [-0.1, -0.05) is 0 Å². The van der Waals surface area contributed by atoms with Crippen molar-refractivity contribution in [1.29, 1.82) is 0 Å². The van der Waals surface area contributed by atoms with E-state index in [1.165, 1.54) is 0 Å². The van der Waals surface area contributed by atoms with Gasteiger partial charge in [0.15, 0.2) is 8.32 Å². The van der Waals surface area contributed by atoms with Gasteiger partial charge in [0.2, 0.25) is 0 Å². The van der Waals surface area contributed by atoms with Gasteiger partial charge in [-0.25, -0.2) is 4.98 Å². The van der Waals surface area contributed by atoms with Crippen LogP contribution in [-0.4, -0.2) is 13.3 Å². The average molecular weight is 187 g/mol. The summed E-state index contributed by atoms with van der Waals surface area (Å²) in [6.07, 6.45) is 1.81. The van der Waals surface area contributed by atoms with Crippen LogP contribution in [-0.2, 0) is 11.0 Å². The summed E-state index contributed by atoms with van der Waals surface area (Å²) in [5, 5.41) is 3.05. The van der Waals surface area contributed by atoms with Crippen molar-refractivity contribution in [3.63, 3.8) is 0 Å². The summed E-state index contributed by atoms with van der Waals surface area (Å²) in [5.41, 5.74) is 0. The van der Waals surface area contributed by atoms with E-state index >= 15 is 0 Å². The molecular formula is C7H13NOSSi. The van der Waals surface area contributed by atoms with Crippen LogP contribution in [0.3, 0.4) is 0 Å². The Hall–Kier alpha value is -0.193. The maximum absolute atomic E-state index is 5.66. The van der Waals surface area contributed by atoms with E-state index in [0.29, 0.717) is 6.61 Å². The molecule has 1 aromatic heterocycles. The summed E-state index contributed by atoms with van der Waals surface area (Å²) in [4.78, 5) is 4.14. The van der Waals surface area contributed by atoms with E-state index in [2.05, 4.69) is 24.6 Å². The second-order valence-electron chi connectivity index (χ2n) is 3.33. The van der Waals surface area contributed by atoms with Crippen molar-refractivity contribution in [1.82, 2.24) is 4.98 Å². The lowest BCUT2D eigenvalue weighted by molar-refractivity contribution is 0.299. The highest BCUT2D eigenvalue weighted by Crippen LogP contribution is 2.10. The Bertz CT molecular complexity index is 205. The van der Waals surface area contributed by atoms with Crippen molar-refractivity contribution in [3.8, 4) is 0 Å². The number of aromatic nitrogens is 1. The van der Waals surface area contributed by atoms with Gasteiger partial charge >= 0.3 is 0 Å². The lowest BCUT2D eigenvalue weighted by atomic mass is 10.8. The smallest absolute Gasteiger partial charge is 0.184 e. The molecule has 0 aliphatic heterocycles. The number of nitrogens with zero attached hydrogens (tertiary/aromatic N) is 1. The van der Waals surface area contributed by atoms with Crippen LogP contribution < -0.4 is 0 Å². The summed E-state index contributed by atoms with van der Waals surface area (Å²) >= 11 is 1.65. The number of hydrogen-bond donors (Lipinski definition) is 0. The molecule has 0 saturated heterocycles. The van der Waals surface area contributed by atoms with Gasteiger partial charge in [0, 0.05) is 11.6 Å². The second-order valence-corrected chi connectivity index (χ2v) is 8.82. The summed E-state index contributed by atoms with van der Waals surface area (Å²) in [6, 6.07) is 0. The Balaban J connectivity index is 2.35. The molecule has 11 heavy (non-hydrogen) atoms. The molecule has 0 spiro atoms. The molecule has 2 nitrogen and oxygen atoms in total. The molecule has 0 aliphatic carbocycles. The largest absolute Gasteiger partial charge is 0.411 e. The van der Waals surface area contributed by atoms with Gasteiger partial charge < -0.3 is 4.43 Å². The summed E-state index contributed by atoms with van der Waals surface area (Å²) in [5.74, 6) is 0. The predicted molar refractivity (Wildman–Crippen MR) is 50.2 cm³/mol. The zero-order valence-corrected chi connectivity index (χ0v) is 8.94. The quantitative estimate of drug-likeness (QED) is 0.678. The van der Waals surface area contributed by atoms with Crippen molar-refractivity contribution in [3.05, 3.63) is 16.6 Å². The first kappa shape index (κ1) is 8.90. The van der Waals surface area contributed by atoms with Crippen LogP contribution in [0, 0.1) is 0 Å². The summed E-state index contributed by atoms with van der Waals surface area (Å²) in [7, 11) is -1.35. The molecule has 0 atom stereocenters. The van der Waals surface area contributed by atoms with E-state index in [1.54, 1.807) is 11.3 Å². The van der Waals surface area contributed by atoms with E-state index in [0.717, 1.165) is 5.01 Å². The van der Waals surface area contributed by atoms with Crippen LogP contribution in [0.15, 0.2) is 11.6 Å². The van der Waals surface area contributed by atoms with E-state index < -0.39 is 8.32 Å². The fraction of sp³-hybridized carbons (Fsp3) is 0.571. The van der Waals surface area contributed by atoms with E-state index in [-0.39, 0.29) is 0 Å². The van der Waals surface area contributed by atoms with Crippen molar-refractivity contribution >= 4 is 19.7 Å². The van der Waals surface area contributed by atoms with Crippen molar-refractivity contribution in [2.45, 2.75) is 26.2 Å². The van der Waals surface area contributed by atoms with Gasteiger partial charge in [-0.2, -0.15) is 0 Å². The zero-order valence-electron chi connectivity index (χ0n) is 7.13. The summed E-state index contributed by atoms with van der Waals surface area (Å²) in [6.45, 7) is 7.23. The van der Waals surface area contributed by atoms with Crippen LogP contribution in [0.25, 0.3) is 0 Å². The monoisotopic (exact) mass is 187 g/mol. The molecule has 0 fully saturated rings. The topological polar surface area (TPSA) is 22.1 Å². The molecule has 62 valence electrons. The Labute approximate surface area is 72.4 Å². The molecule has 0 amide bonds. The lowest BCUT2D eigenvalue weighted by Gasteiger charge is -2.15. The molecule has 1 rings (SSSR count). The standard InChI is InChI=1S/C7H13NOSSi/c1-11(2,3)9-6-7-8-4-5-10-7/h4-5H,6H2,1-3H3. The molecule has 0 N–H and O–H groups in total. The van der Waals surface area contributed by atoms with Gasteiger partial charge in [0.25, 0.3) is 0 Å². The van der Waals surface area contributed by atoms with Crippen molar-refractivity contribution in [2.75, 3.05) is 0 Å². The van der Waals surface area contributed by atoms with Gasteiger partial charge in [-0.05, 0) is 19.6 Å². The Morgan fingerprint density at radius 1 is 1.55 bits per heavy atom. The molecule has 0 aromatic carbocycles. The molecule has 4 heteroatoms. The number of thiazole rings is 1. The molecule has 1 heterocycles. The van der Waals surface area contributed by atoms with E-state index in [9.17, 15) is 0 Å². The highest BCUT2D eigenvalue weighted by molar-refractivity contribution is 7.09. The molecular weight excluding hydrogens is 174 g/mol. The second kappa shape index (κ2) is 3.47. The Kier molecular flexibility index (Phi) is 2.81. The lowest BCUT2D eigenvalue weighted by Crippen LogP contribution is -2.24. The van der Waals surface area contributed by atoms with Crippen LogP contribution >= 0.6 is 11.3 Å². The third kappa shape index (κ3) is 3.64. The SMILES string of the molecule is C[Si](C)(C)OCc1nccs1. The Morgan fingerprint density at radius 2 is 2.27 bits per heavy atom. The molecule has 1 aromatic rings. The van der Waals surface area contributed by atoms with Gasteiger partial charge in [0.1, 0.15) is 5.01 Å². The van der Waals surface area contributed by atoms with Crippen molar-refractivity contribution < 1.29 is 4.43 Å². The summed E-state index contributed by atoms with van der Waals surface area (Å²) < 4.78 is 5.66. The van der Waals surface area contributed by atoms with Crippen LogP contribution in [0.1, 0.15) is 5.01 Å². The fourth-order valence-electron chi connectivity index (χ4n) is 0.602. The third-order valence-electron chi connectivity index (χ3n) is 1.11. The minimum atomic E-state index is -1.35. The first-order chi connectivity index (χ1) is 5.08. The highest BCUT2D eigenvalue weighted by atomic mass is 32.1. The third-order valence-corrected chi connectivity index (χ3v) is 2.88. The minimum Gasteiger partial charge on any atom is -0.411 e. The number of rotatable bonds is 3. The van der Waals surface area contributed by atoms with E-state index in [1.807, 2.05) is 11.6 Å². The van der Waals surface area contributed by atoms with E-state index in [4.69, 9.17) is 4.43 Å². The zero-order chi connectivity index (χ0) is 8.32. The van der Waals surface area contributed by atoms with Crippen LogP contribution in [0.5, 0.6) is 0 Å². The average Bonchev–Trinajstić information content (AvgIpc) is 2.32. The van der Waals surface area contributed by atoms with Crippen molar-refractivity contribution in [2.24, 2.45) is 0 Å². The maximum atomic E-state index is 5.66. The Morgan fingerprint density at radius 3 is 2.73 bits per heavy atom. The first-order valence-electron chi connectivity index (χ1n) is 3.60. The maximum Gasteiger partial charge on any atom is 0.184 e. The normalized spacial score (nSPS) is 11.9.